The summed E-state index contributed by atoms with van der Waals surface area (Å²) in [5.41, 5.74) is 1.35. The molecule has 0 aromatic carbocycles. The van der Waals surface area contributed by atoms with Crippen LogP contribution >= 0.6 is 50.6 Å². The van der Waals surface area contributed by atoms with Gasteiger partial charge in [0.15, 0.2) is 0 Å². The van der Waals surface area contributed by atoms with Gasteiger partial charge in [0.25, 0.3) is 0 Å². The van der Waals surface area contributed by atoms with Crippen molar-refractivity contribution in [3.63, 3.8) is 0 Å². The molecule has 1 unspecified atom stereocenters. The van der Waals surface area contributed by atoms with Gasteiger partial charge < -0.3 is 0 Å². The first-order valence-electron chi connectivity index (χ1n) is 4.90. The lowest BCUT2D eigenvalue weighted by atomic mass is 10.2. The molecule has 1 aliphatic heterocycles. The highest BCUT2D eigenvalue weighted by atomic mass is 79.9. The fraction of sp³-hybridized carbons (Fsp3) is 0.600. The van der Waals surface area contributed by atoms with Gasteiger partial charge in [-0.25, -0.2) is 0 Å². The maximum absolute atomic E-state index is 5.93. The highest BCUT2D eigenvalue weighted by Crippen LogP contribution is 2.24. The Hall–Kier alpha value is 0.780. The molecule has 84 valence electrons. The molecule has 0 saturated carbocycles. The molecule has 2 heterocycles. The van der Waals surface area contributed by atoms with E-state index in [-0.39, 0.29) is 0 Å². The smallest absolute Gasteiger partial charge is 0.0931 e. The van der Waals surface area contributed by atoms with Gasteiger partial charge in [0.1, 0.15) is 0 Å². The molecule has 2 rings (SSSR count). The Balaban J connectivity index is 1.97. The Bertz CT molecular complexity index is 318. The third kappa shape index (κ3) is 3.37. The molecule has 1 aromatic rings. The van der Waals surface area contributed by atoms with Crippen molar-refractivity contribution in [1.82, 2.24) is 4.90 Å². The molecule has 5 heteroatoms. The predicted molar refractivity (Wildman–Crippen MR) is 74.6 cm³/mol. The van der Waals surface area contributed by atoms with E-state index in [2.05, 4.69) is 44.0 Å². The molecule has 1 aliphatic rings. The van der Waals surface area contributed by atoms with Gasteiger partial charge in [-0.15, -0.1) is 11.3 Å². The molecule has 1 atom stereocenters. The Labute approximate surface area is 112 Å². The molecular formula is C10H13BrClNS2. The van der Waals surface area contributed by atoms with E-state index in [1.54, 1.807) is 11.3 Å². The Morgan fingerprint density at radius 2 is 2.47 bits per heavy atom. The van der Waals surface area contributed by atoms with E-state index in [1.165, 1.54) is 23.6 Å². The summed E-state index contributed by atoms with van der Waals surface area (Å²) in [6, 6.07) is 2.75. The van der Waals surface area contributed by atoms with Crippen LogP contribution in [0.4, 0.5) is 0 Å². The lowest BCUT2D eigenvalue weighted by Gasteiger charge is -2.34. The van der Waals surface area contributed by atoms with E-state index >= 15 is 0 Å². The summed E-state index contributed by atoms with van der Waals surface area (Å²) >= 11 is 13.2. The highest BCUT2D eigenvalue weighted by molar-refractivity contribution is 9.09. The molecule has 0 radical (unpaired) electrons. The molecule has 1 fully saturated rings. The summed E-state index contributed by atoms with van der Waals surface area (Å²) in [4.78, 5) is 2.55. The van der Waals surface area contributed by atoms with Crippen LogP contribution in [0.3, 0.4) is 0 Å². The number of halogens is 2. The van der Waals surface area contributed by atoms with Gasteiger partial charge in [-0.3, -0.25) is 4.90 Å². The Morgan fingerprint density at radius 3 is 3.13 bits per heavy atom. The van der Waals surface area contributed by atoms with Crippen LogP contribution in [0.5, 0.6) is 0 Å². The second kappa shape index (κ2) is 5.92. The van der Waals surface area contributed by atoms with Crippen LogP contribution in [0.15, 0.2) is 11.4 Å². The minimum absolute atomic E-state index is 0.669. The van der Waals surface area contributed by atoms with Gasteiger partial charge in [0, 0.05) is 36.0 Å². The highest BCUT2D eigenvalue weighted by Gasteiger charge is 2.21. The molecule has 1 aromatic heterocycles. The number of hydrogen-bond donors (Lipinski definition) is 0. The topological polar surface area (TPSA) is 3.24 Å². The van der Waals surface area contributed by atoms with Crippen molar-refractivity contribution in [3.8, 4) is 0 Å². The number of rotatable bonds is 3. The second-order valence-electron chi connectivity index (χ2n) is 3.61. The quantitative estimate of drug-likeness (QED) is 0.779. The minimum Gasteiger partial charge on any atom is -0.294 e. The maximum Gasteiger partial charge on any atom is 0.0931 e. The molecule has 15 heavy (non-hydrogen) atoms. The molecule has 0 bridgehead atoms. The monoisotopic (exact) mass is 325 g/mol. The average Bonchev–Trinajstić information content (AvgIpc) is 2.65. The van der Waals surface area contributed by atoms with E-state index in [0.29, 0.717) is 6.04 Å². The third-order valence-corrected chi connectivity index (χ3v) is 5.51. The van der Waals surface area contributed by atoms with Crippen molar-refractivity contribution in [2.75, 3.05) is 23.4 Å². The van der Waals surface area contributed by atoms with Crippen molar-refractivity contribution >= 4 is 50.6 Å². The summed E-state index contributed by atoms with van der Waals surface area (Å²) < 4.78 is 0.895. The van der Waals surface area contributed by atoms with E-state index in [0.717, 1.165) is 16.2 Å². The number of alkyl halides is 1. The first-order valence-corrected chi connectivity index (χ1v) is 8.43. The molecule has 0 aliphatic carbocycles. The molecule has 1 nitrogen and oxygen atoms in total. The van der Waals surface area contributed by atoms with E-state index in [1.807, 2.05) is 0 Å². The summed E-state index contributed by atoms with van der Waals surface area (Å²) in [7, 11) is 0. The van der Waals surface area contributed by atoms with Crippen LogP contribution in [0.1, 0.15) is 5.56 Å². The molecule has 0 N–H and O–H groups in total. The number of thiophene rings is 1. The zero-order chi connectivity index (χ0) is 10.7. The molecular weight excluding hydrogens is 314 g/mol. The van der Waals surface area contributed by atoms with Crippen molar-refractivity contribution in [2.24, 2.45) is 0 Å². The number of thioether (sulfide) groups is 1. The van der Waals surface area contributed by atoms with Gasteiger partial charge in [0.2, 0.25) is 0 Å². The fourth-order valence-electron chi connectivity index (χ4n) is 1.70. The first kappa shape index (κ1) is 12.2. The predicted octanol–water partition coefficient (Wildman–Crippen LogP) is 3.71. The van der Waals surface area contributed by atoms with Crippen LogP contribution in [-0.4, -0.2) is 34.3 Å². The van der Waals surface area contributed by atoms with E-state index in [4.69, 9.17) is 11.6 Å². The largest absolute Gasteiger partial charge is 0.294 e. The maximum atomic E-state index is 5.93. The first-order chi connectivity index (χ1) is 7.29. The molecule has 1 saturated heterocycles. The fourth-order valence-corrected chi connectivity index (χ4v) is 4.67. The minimum atomic E-state index is 0.669. The lowest BCUT2D eigenvalue weighted by molar-refractivity contribution is 0.228. The van der Waals surface area contributed by atoms with Gasteiger partial charge in [-0.2, -0.15) is 11.8 Å². The number of nitrogens with zero attached hydrogens (tertiary/aromatic N) is 1. The van der Waals surface area contributed by atoms with Crippen LogP contribution in [-0.2, 0) is 6.54 Å². The van der Waals surface area contributed by atoms with Gasteiger partial charge in [0.05, 0.1) is 4.34 Å². The van der Waals surface area contributed by atoms with Gasteiger partial charge >= 0.3 is 0 Å². The zero-order valence-corrected chi connectivity index (χ0v) is 12.3. The SMILES string of the molecule is Clc1cc(CN2CCSCC2CBr)cs1. The average molecular weight is 327 g/mol. The summed E-state index contributed by atoms with van der Waals surface area (Å²) in [5, 5.41) is 3.23. The Kier molecular flexibility index (Phi) is 4.83. The summed E-state index contributed by atoms with van der Waals surface area (Å²) in [5.74, 6) is 2.49. The van der Waals surface area contributed by atoms with Crippen LogP contribution in [0, 0.1) is 0 Å². The van der Waals surface area contributed by atoms with Crippen molar-refractivity contribution in [3.05, 3.63) is 21.3 Å². The van der Waals surface area contributed by atoms with Crippen LogP contribution in [0.25, 0.3) is 0 Å². The summed E-state index contributed by atoms with van der Waals surface area (Å²) in [6.07, 6.45) is 0. The van der Waals surface area contributed by atoms with Crippen LogP contribution in [0.2, 0.25) is 4.34 Å². The van der Waals surface area contributed by atoms with Crippen molar-refractivity contribution < 1.29 is 0 Å². The van der Waals surface area contributed by atoms with Gasteiger partial charge in [-0.1, -0.05) is 27.5 Å². The number of hydrogen-bond acceptors (Lipinski definition) is 3. The van der Waals surface area contributed by atoms with Crippen LogP contribution < -0.4 is 0 Å². The van der Waals surface area contributed by atoms with E-state index < -0.39 is 0 Å². The lowest BCUT2D eigenvalue weighted by Crippen LogP contribution is -2.42. The van der Waals surface area contributed by atoms with E-state index in [9.17, 15) is 0 Å². The van der Waals surface area contributed by atoms with Gasteiger partial charge in [-0.05, 0) is 17.0 Å². The van der Waals surface area contributed by atoms with Crippen molar-refractivity contribution in [2.45, 2.75) is 12.6 Å². The zero-order valence-electron chi connectivity index (χ0n) is 8.29. The standard InChI is InChI=1S/C10H13BrClNS2/c11-4-9-7-14-2-1-13(9)5-8-3-10(12)15-6-8/h3,6,9H,1-2,4-5,7H2. The third-order valence-electron chi connectivity index (χ3n) is 2.54. The molecule has 0 amide bonds. The molecule has 0 spiro atoms. The Morgan fingerprint density at radius 1 is 1.60 bits per heavy atom. The summed E-state index contributed by atoms with van der Waals surface area (Å²) in [6.45, 7) is 2.23. The van der Waals surface area contributed by atoms with Crippen molar-refractivity contribution in [1.29, 1.82) is 0 Å². The normalized spacial score (nSPS) is 23.2. The second-order valence-corrected chi connectivity index (χ2v) is 6.95.